The van der Waals surface area contributed by atoms with E-state index in [2.05, 4.69) is 30.3 Å². The Morgan fingerprint density at radius 2 is 2.41 bits per heavy atom. The number of hydrogen-bond donors (Lipinski definition) is 4. The third-order valence-corrected chi connectivity index (χ3v) is 3.48. The van der Waals surface area contributed by atoms with E-state index in [1.54, 1.807) is 0 Å². The fourth-order valence-corrected chi connectivity index (χ4v) is 2.42. The molecule has 0 radical (unpaired) electrons. The van der Waals surface area contributed by atoms with Crippen LogP contribution in [-0.4, -0.2) is 57.2 Å². The number of aromatic nitrogens is 2. The number of nitrogens with zero attached hydrogens (tertiary/aromatic N) is 6. The van der Waals surface area contributed by atoms with E-state index in [1.807, 2.05) is 0 Å². The van der Waals surface area contributed by atoms with Gasteiger partial charge in [-0.2, -0.15) is 0 Å². The maximum absolute atomic E-state index is 10.2. The predicted octanol–water partition coefficient (Wildman–Crippen LogP) is -1.17. The molecule has 3 heterocycles. The second-order valence-electron chi connectivity index (χ2n) is 4.74. The minimum Gasteiger partial charge on any atom is -0.431 e. The van der Waals surface area contributed by atoms with Crippen LogP contribution in [0.2, 0.25) is 0 Å². The van der Waals surface area contributed by atoms with Gasteiger partial charge in [-0.3, -0.25) is 4.57 Å². The van der Waals surface area contributed by atoms with Crippen molar-refractivity contribution in [2.45, 2.75) is 24.5 Å². The summed E-state index contributed by atoms with van der Waals surface area (Å²) in [6, 6.07) is 0. The van der Waals surface area contributed by atoms with Crippen molar-refractivity contribution in [2.75, 3.05) is 18.6 Å². The number of imidazole rings is 1. The molecule has 0 unspecified atom stereocenters. The lowest BCUT2D eigenvalue weighted by Crippen LogP contribution is -2.33. The summed E-state index contributed by atoms with van der Waals surface area (Å²) in [5.41, 5.74) is 14.3. The zero-order valence-electron chi connectivity index (χ0n) is 11.3. The molecule has 0 amide bonds. The van der Waals surface area contributed by atoms with Gasteiger partial charge in [0, 0.05) is 4.91 Å². The Morgan fingerprint density at radius 1 is 1.59 bits per heavy atom. The van der Waals surface area contributed by atoms with Crippen LogP contribution in [0.3, 0.4) is 0 Å². The molecule has 5 N–H and O–H groups in total. The largest absolute Gasteiger partial charge is 0.431 e. The summed E-state index contributed by atoms with van der Waals surface area (Å²) in [5.74, 6) is 0.823. The molecule has 0 aliphatic carbocycles. The Labute approximate surface area is 123 Å². The van der Waals surface area contributed by atoms with E-state index >= 15 is 0 Å². The number of hydrogen-bond acceptors (Lipinski definition) is 9. The molecule has 0 aromatic carbocycles. The Bertz CT molecular complexity index is 639. The molecule has 1 aromatic heterocycles. The molecule has 1 aromatic rings. The van der Waals surface area contributed by atoms with E-state index in [1.165, 1.54) is 10.9 Å². The van der Waals surface area contributed by atoms with Crippen LogP contribution in [-0.2, 0) is 9.57 Å². The van der Waals surface area contributed by atoms with Gasteiger partial charge < -0.3 is 30.8 Å². The average Bonchev–Trinajstić information content (AvgIpc) is 3.05. The van der Waals surface area contributed by atoms with Gasteiger partial charge in [-0.1, -0.05) is 0 Å². The molecule has 0 saturated carbocycles. The fourth-order valence-electron chi connectivity index (χ4n) is 2.42. The highest BCUT2D eigenvalue weighted by Crippen LogP contribution is 2.33. The van der Waals surface area contributed by atoms with Crippen molar-refractivity contribution in [3.8, 4) is 0 Å². The van der Waals surface area contributed by atoms with Crippen LogP contribution in [0.5, 0.6) is 0 Å². The number of rotatable bonds is 4. The predicted molar refractivity (Wildman–Crippen MR) is 72.5 cm³/mol. The van der Waals surface area contributed by atoms with E-state index in [-0.39, 0.29) is 19.1 Å². The number of ether oxygens (including phenoxy) is 1. The number of aliphatic hydroxyl groups is 2. The topological polar surface area (TPSA) is 176 Å². The van der Waals surface area contributed by atoms with E-state index in [0.29, 0.717) is 11.5 Å². The highest BCUT2D eigenvalue weighted by Gasteiger charge is 2.45. The van der Waals surface area contributed by atoms with Crippen LogP contribution >= 0.6 is 0 Å². The normalized spacial score (nSPS) is 30.0. The van der Waals surface area contributed by atoms with Crippen molar-refractivity contribution in [1.82, 2.24) is 9.55 Å². The summed E-state index contributed by atoms with van der Waals surface area (Å²) < 4.78 is 7.10. The lowest BCUT2D eigenvalue weighted by molar-refractivity contribution is -0.0662. The van der Waals surface area contributed by atoms with Crippen LogP contribution in [0.25, 0.3) is 10.4 Å². The number of anilines is 1. The summed E-state index contributed by atoms with van der Waals surface area (Å²) in [6.45, 7) is 0.0893. The number of nitrogens with one attached hydrogen (secondary N) is 1. The van der Waals surface area contributed by atoms with E-state index in [4.69, 9.17) is 16.0 Å². The number of nitrogens with two attached hydrogens (primary N) is 1. The molecule has 4 atom stereocenters. The Balaban J connectivity index is 1.81. The number of fused-ring (bicyclic) bond motifs is 1. The lowest BCUT2D eigenvalue weighted by atomic mass is 10.1. The molecule has 0 bridgehead atoms. The molecule has 22 heavy (non-hydrogen) atoms. The molecule has 1 fully saturated rings. The minimum atomic E-state index is -1.21. The maximum atomic E-state index is 10.2. The number of aliphatic hydroxyl groups excluding tert-OH is 2. The smallest absolute Gasteiger partial charge is 0.165 e. The first kappa shape index (κ1) is 14.4. The summed E-state index contributed by atoms with van der Waals surface area (Å²) in [7, 11) is 0. The average molecular weight is 310 g/mol. The monoisotopic (exact) mass is 310 g/mol. The first-order valence-corrected chi connectivity index (χ1v) is 6.42. The summed E-state index contributed by atoms with van der Waals surface area (Å²) in [4.78, 5) is 15.2. The van der Waals surface area contributed by atoms with Gasteiger partial charge >= 0.3 is 0 Å². The van der Waals surface area contributed by atoms with Gasteiger partial charge in [-0.05, 0) is 5.53 Å². The SMILES string of the molecule is [N-]=[N+]=NOC[C@H]1O[C@@H](n2cnc3c2NCN=C3N)[C@H](O)[C@@H]1O. The summed E-state index contributed by atoms with van der Waals surface area (Å²) in [6.07, 6.45) is -2.71. The van der Waals surface area contributed by atoms with Gasteiger partial charge in [0.1, 0.15) is 54.2 Å². The molecule has 12 nitrogen and oxygen atoms in total. The van der Waals surface area contributed by atoms with E-state index in [0.717, 1.165) is 0 Å². The Hall–Kier alpha value is -2.53. The van der Waals surface area contributed by atoms with Crippen LogP contribution in [0.15, 0.2) is 16.6 Å². The minimum absolute atomic E-state index is 0.188. The van der Waals surface area contributed by atoms with Crippen molar-refractivity contribution in [1.29, 1.82) is 0 Å². The van der Waals surface area contributed by atoms with Gasteiger partial charge in [0.25, 0.3) is 0 Å². The molecule has 118 valence electrons. The van der Waals surface area contributed by atoms with Crippen molar-refractivity contribution in [3.05, 3.63) is 22.5 Å². The fraction of sp³-hybridized carbons (Fsp3) is 0.600. The number of azide groups is 1. The first-order valence-electron chi connectivity index (χ1n) is 6.42. The Morgan fingerprint density at radius 3 is 3.18 bits per heavy atom. The van der Waals surface area contributed by atoms with Gasteiger partial charge in [-0.25, -0.2) is 9.98 Å². The molecule has 12 heteroatoms. The third-order valence-electron chi connectivity index (χ3n) is 3.48. The van der Waals surface area contributed by atoms with Gasteiger partial charge in [0.2, 0.25) is 0 Å². The van der Waals surface area contributed by atoms with Crippen molar-refractivity contribution >= 4 is 11.7 Å². The van der Waals surface area contributed by atoms with Gasteiger partial charge in [0.15, 0.2) is 6.23 Å². The third kappa shape index (κ3) is 2.29. The van der Waals surface area contributed by atoms with Crippen LogP contribution < -0.4 is 11.1 Å². The van der Waals surface area contributed by atoms with E-state index in [9.17, 15) is 10.2 Å². The molecular weight excluding hydrogens is 296 g/mol. The summed E-state index contributed by atoms with van der Waals surface area (Å²) >= 11 is 0. The molecule has 2 aliphatic rings. The quantitative estimate of drug-likeness (QED) is 0.234. The van der Waals surface area contributed by atoms with Gasteiger partial charge in [0.05, 0.1) is 6.33 Å². The second kappa shape index (κ2) is 5.69. The molecule has 2 aliphatic heterocycles. The molecular formula is C10H14N8O4. The lowest BCUT2D eigenvalue weighted by Gasteiger charge is -2.21. The zero-order chi connectivity index (χ0) is 15.7. The highest BCUT2D eigenvalue weighted by atomic mass is 16.7. The number of aliphatic imine (C=N–C) groups is 1. The maximum Gasteiger partial charge on any atom is 0.165 e. The number of amidine groups is 1. The van der Waals surface area contributed by atoms with Crippen molar-refractivity contribution < 1.29 is 19.8 Å². The van der Waals surface area contributed by atoms with Crippen LogP contribution in [0.1, 0.15) is 11.9 Å². The van der Waals surface area contributed by atoms with E-state index < -0.39 is 24.5 Å². The van der Waals surface area contributed by atoms with Crippen molar-refractivity contribution in [2.24, 2.45) is 16.0 Å². The molecule has 1 saturated heterocycles. The summed E-state index contributed by atoms with van der Waals surface area (Å²) in [5, 5.41) is 26.0. The molecule has 0 spiro atoms. The molecule has 3 rings (SSSR count). The standard InChI is InChI=1S/C10H14N8O4/c11-8-5-9(14-2-13-8)18(3-15-5)10-7(20)6(19)4(22-10)1-21-17-16-12/h3-4,6-7,10,14,19-20H,1-2H2,(H2,11,13)/t4-,6-,7-,10-/m1/s1. The Kier molecular flexibility index (Phi) is 3.73. The second-order valence-corrected chi connectivity index (χ2v) is 4.74. The zero-order valence-corrected chi connectivity index (χ0v) is 11.3. The van der Waals surface area contributed by atoms with Gasteiger partial charge in [-0.15, -0.1) is 0 Å². The van der Waals surface area contributed by atoms with Crippen molar-refractivity contribution in [3.63, 3.8) is 0 Å². The first-order chi connectivity index (χ1) is 10.6. The van der Waals surface area contributed by atoms with Crippen LogP contribution in [0, 0.1) is 0 Å². The highest BCUT2D eigenvalue weighted by molar-refractivity contribution is 6.01. The van der Waals surface area contributed by atoms with Crippen LogP contribution in [0.4, 0.5) is 5.82 Å².